The Hall–Kier alpha value is -3.36. The van der Waals surface area contributed by atoms with Crippen LogP contribution in [0.25, 0.3) is 22.5 Å². The van der Waals surface area contributed by atoms with Crippen LogP contribution in [-0.2, 0) is 12.8 Å². The number of aryl methyl sites for hydroxylation is 1. The molecule has 0 aliphatic carbocycles. The predicted octanol–water partition coefficient (Wildman–Crippen LogP) is 5.62. The molecule has 142 valence electrons. The second-order valence-corrected chi connectivity index (χ2v) is 7.77. The van der Waals surface area contributed by atoms with E-state index in [1.807, 2.05) is 48.0 Å². The summed E-state index contributed by atoms with van der Waals surface area (Å²) in [7, 11) is 2.01. The number of rotatable bonds is 5. The standard InChI is InChI=1S/C24H20N4S/c1-17-7-3-5-9-21(17)23-26-27-24(28(23)2)29-16-18-11-13-19(14-12-18)22-10-6-4-8-20(22)15-25/h3-14H,16H2,1-2H3. The van der Waals surface area contributed by atoms with Gasteiger partial charge < -0.3 is 4.57 Å². The maximum absolute atomic E-state index is 9.30. The number of nitrogens with zero attached hydrogens (tertiary/aromatic N) is 4. The predicted molar refractivity (Wildman–Crippen MR) is 117 cm³/mol. The van der Waals surface area contributed by atoms with Crippen molar-refractivity contribution >= 4 is 11.8 Å². The molecule has 0 bridgehead atoms. The number of hydrogen-bond donors (Lipinski definition) is 0. The summed E-state index contributed by atoms with van der Waals surface area (Å²) in [5, 5.41) is 19.0. The average molecular weight is 397 g/mol. The Balaban J connectivity index is 1.49. The Morgan fingerprint density at radius 1 is 0.897 bits per heavy atom. The molecule has 0 spiro atoms. The van der Waals surface area contributed by atoms with Gasteiger partial charge in [-0.1, -0.05) is 78.5 Å². The van der Waals surface area contributed by atoms with E-state index in [2.05, 4.69) is 59.6 Å². The van der Waals surface area contributed by atoms with E-state index in [1.165, 1.54) is 11.1 Å². The Kier molecular flexibility index (Phi) is 5.46. The summed E-state index contributed by atoms with van der Waals surface area (Å²) in [6.45, 7) is 2.09. The van der Waals surface area contributed by atoms with Gasteiger partial charge in [0.2, 0.25) is 0 Å². The first kappa shape index (κ1) is 19.0. The van der Waals surface area contributed by atoms with Crippen LogP contribution in [0.5, 0.6) is 0 Å². The zero-order valence-electron chi connectivity index (χ0n) is 16.3. The van der Waals surface area contributed by atoms with Crippen LogP contribution in [0.4, 0.5) is 0 Å². The molecule has 1 heterocycles. The molecule has 0 saturated heterocycles. The zero-order chi connectivity index (χ0) is 20.2. The highest BCUT2D eigenvalue weighted by atomic mass is 32.2. The van der Waals surface area contributed by atoms with Crippen molar-refractivity contribution in [3.8, 4) is 28.6 Å². The molecule has 4 nitrogen and oxygen atoms in total. The second kappa shape index (κ2) is 8.34. The highest BCUT2D eigenvalue weighted by molar-refractivity contribution is 7.98. The van der Waals surface area contributed by atoms with Gasteiger partial charge in [-0.2, -0.15) is 5.26 Å². The SMILES string of the molecule is Cc1ccccc1-c1nnc(SCc2ccc(-c3ccccc3C#N)cc2)n1C. The third-order valence-corrected chi connectivity index (χ3v) is 5.99. The molecule has 5 heteroatoms. The summed E-state index contributed by atoms with van der Waals surface area (Å²) in [6, 6.07) is 26.5. The monoisotopic (exact) mass is 396 g/mol. The molecule has 4 rings (SSSR count). The van der Waals surface area contributed by atoms with Gasteiger partial charge in [-0.3, -0.25) is 0 Å². The molecule has 0 N–H and O–H groups in total. The van der Waals surface area contributed by atoms with Crippen molar-refractivity contribution in [3.63, 3.8) is 0 Å². The van der Waals surface area contributed by atoms with Crippen LogP contribution in [0, 0.1) is 18.3 Å². The molecule has 0 radical (unpaired) electrons. The summed E-state index contributed by atoms with van der Waals surface area (Å²) >= 11 is 1.67. The normalized spacial score (nSPS) is 10.7. The number of benzene rings is 3. The molecule has 3 aromatic carbocycles. The quantitative estimate of drug-likeness (QED) is 0.411. The van der Waals surface area contributed by atoms with E-state index < -0.39 is 0 Å². The van der Waals surface area contributed by atoms with Crippen molar-refractivity contribution in [1.82, 2.24) is 14.8 Å². The topological polar surface area (TPSA) is 54.5 Å². The molecule has 0 aliphatic heterocycles. The first-order chi connectivity index (χ1) is 14.2. The van der Waals surface area contributed by atoms with Gasteiger partial charge in [0.05, 0.1) is 11.6 Å². The summed E-state index contributed by atoms with van der Waals surface area (Å²) in [6.07, 6.45) is 0. The van der Waals surface area contributed by atoms with Crippen LogP contribution in [-0.4, -0.2) is 14.8 Å². The van der Waals surface area contributed by atoms with Crippen LogP contribution in [0.15, 0.2) is 78.0 Å². The molecule has 0 atom stereocenters. The van der Waals surface area contributed by atoms with Gasteiger partial charge in [0, 0.05) is 18.4 Å². The molecular weight excluding hydrogens is 376 g/mol. The molecule has 4 aromatic rings. The molecular formula is C24H20N4S. The van der Waals surface area contributed by atoms with E-state index in [4.69, 9.17) is 0 Å². The van der Waals surface area contributed by atoms with Crippen LogP contribution in [0.1, 0.15) is 16.7 Å². The number of hydrogen-bond acceptors (Lipinski definition) is 4. The molecule has 0 unspecified atom stereocenters. The van der Waals surface area contributed by atoms with Gasteiger partial charge in [-0.15, -0.1) is 10.2 Å². The highest BCUT2D eigenvalue weighted by Crippen LogP contribution is 2.28. The van der Waals surface area contributed by atoms with E-state index >= 15 is 0 Å². The summed E-state index contributed by atoms with van der Waals surface area (Å²) in [5.74, 6) is 1.69. The van der Waals surface area contributed by atoms with Crippen molar-refractivity contribution in [2.24, 2.45) is 7.05 Å². The van der Waals surface area contributed by atoms with E-state index in [9.17, 15) is 5.26 Å². The minimum atomic E-state index is 0.692. The highest BCUT2D eigenvalue weighted by Gasteiger charge is 2.13. The maximum Gasteiger partial charge on any atom is 0.191 e. The van der Waals surface area contributed by atoms with Crippen LogP contribution < -0.4 is 0 Å². The van der Waals surface area contributed by atoms with E-state index in [0.29, 0.717) is 5.56 Å². The smallest absolute Gasteiger partial charge is 0.191 e. The minimum absolute atomic E-state index is 0.692. The number of nitriles is 1. The lowest BCUT2D eigenvalue weighted by Crippen LogP contribution is -1.96. The lowest BCUT2D eigenvalue weighted by atomic mass is 10.00. The van der Waals surface area contributed by atoms with Gasteiger partial charge in [-0.25, -0.2) is 0 Å². The summed E-state index contributed by atoms with van der Waals surface area (Å²) in [4.78, 5) is 0. The summed E-state index contributed by atoms with van der Waals surface area (Å²) in [5.41, 5.74) is 6.20. The molecule has 0 saturated carbocycles. The minimum Gasteiger partial charge on any atom is -0.305 e. The van der Waals surface area contributed by atoms with Crippen molar-refractivity contribution in [1.29, 1.82) is 5.26 Å². The maximum atomic E-state index is 9.30. The Bertz CT molecular complexity index is 1190. The lowest BCUT2D eigenvalue weighted by molar-refractivity contribution is 0.793. The Morgan fingerprint density at radius 3 is 2.31 bits per heavy atom. The molecule has 1 aromatic heterocycles. The Morgan fingerprint density at radius 2 is 1.59 bits per heavy atom. The van der Waals surface area contributed by atoms with E-state index in [1.54, 1.807) is 11.8 Å². The van der Waals surface area contributed by atoms with Crippen LogP contribution in [0.3, 0.4) is 0 Å². The van der Waals surface area contributed by atoms with Crippen LogP contribution >= 0.6 is 11.8 Å². The third kappa shape index (κ3) is 3.94. The Labute approximate surface area is 174 Å². The fourth-order valence-electron chi connectivity index (χ4n) is 3.26. The van der Waals surface area contributed by atoms with Crippen molar-refractivity contribution in [2.45, 2.75) is 17.8 Å². The number of aromatic nitrogens is 3. The average Bonchev–Trinajstić information content (AvgIpc) is 3.13. The van der Waals surface area contributed by atoms with E-state index in [-0.39, 0.29) is 0 Å². The molecule has 0 fully saturated rings. The summed E-state index contributed by atoms with van der Waals surface area (Å²) < 4.78 is 2.05. The van der Waals surface area contributed by atoms with E-state index in [0.717, 1.165) is 33.4 Å². The number of thioether (sulfide) groups is 1. The molecule has 29 heavy (non-hydrogen) atoms. The van der Waals surface area contributed by atoms with Gasteiger partial charge in [0.15, 0.2) is 11.0 Å². The van der Waals surface area contributed by atoms with Crippen molar-refractivity contribution < 1.29 is 0 Å². The lowest BCUT2D eigenvalue weighted by Gasteiger charge is -2.07. The fourth-order valence-corrected chi connectivity index (χ4v) is 4.13. The van der Waals surface area contributed by atoms with Crippen LogP contribution in [0.2, 0.25) is 0 Å². The fraction of sp³-hybridized carbons (Fsp3) is 0.125. The largest absolute Gasteiger partial charge is 0.305 e. The van der Waals surface area contributed by atoms with Crippen molar-refractivity contribution in [3.05, 3.63) is 89.5 Å². The van der Waals surface area contributed by atoms with Crippen molar-refractivity contribution in [2.75, 3.05) is 0 Å². The first-order valence-corrected chi connectivity index (χ1v) is 10.3. The second-order valence-electron chi connectivity index (χ2n) is 6.82. The third-order valence-electron chi connectivity index (χ3n) is 4.90. The molecule has 0 aliphatic rings. The van der Waals surface area contributed by atoms with Gasteiger partial charge in [-0.05, 0) is 35.2 Å². The zero-order valence-corrected chi connectivity index (χ0v) is 17.1. The van der Waals surface area contributed by atoms with Gasteiger partial charge in [0.1, 0.15) is 0 Å². The van der Waals surface area contributed by atoms with Gasteiger partial charge in [0.25, 0.3) is 0 Å². The first-order valence-electron chi connectivity index (χ1n) is 9.34. The van der Waals surface area contributed by atoms with Gasteiger partial charge >= 0.3 is 0 Å². The molecule has 0 amide bonds.